The molecule has 0 bridgehead atoms. The SMILES string of the molecule is CCCC/C=C/C(O)C[N+](CC)(CC)CCCCC(=O)[O-]. The quantitative estimate of drug-likeness (QED) is 0.321. The Hall–Kier alpha value is -0.870. The first-order valence-electron chi connectivity index (χ1n) is 8.39. The lowest BCUT2D eigenvalue weighted by Crippen LogP contribution is -2.52. The van der Waals surface area contributed by atoms with Gasteiger partial charge in [0.1, 0.15) is 12.6 Å². The molecule has 0 spiro atoms. The molecule has 0 aromatic rings. The fourth-order valence-electron chi connectivity index (χ4n) is 2.64. The van der Waals surface area contributed by atoms with Crippen molar-refractivity contribution in [2.24, 2.45) is 0 Å². The summed E-state index contributed by atoms with van der Waals surface area (Å²) in [7, 11) is 0. The molecule has 124 valence electrons. The molecule has 0 aromatic heterocycles. The molecule has 0 heterocycles. The fourth-order valence-corrected chi connectivity index (χ4v) is 2.64. The number of carboxylic acid groups (broad SMARTS) is 1. The lowest BCUT2D eigenvalue weighted by molar-refractivity contribution is -0.927. The smallest absolute Gasteiger partial charge is 0.121 e. The molecule has 0 aliphatic rings. The van der Waals surface area contributed by atoms with Gasteiger partial charge in [-0.05, 0) is 39.5 Å². The normalized spacial score (nSPS) is 13.7. The first-order valence-corrected chi connectivity index (χ1v) is 8.39. The summed E-state index contributed by atoms with van der Waals surface area (Å²) in [5, 5.41) is 20.6. The Kier molecular flexibility index (Phi) is 11.3. The van der Waals surface area contributed by atoms with Gasteiger partial charge >= 0.3 is 0 Å². The van der Waals surface area contributed by atoms with E-state index in [0.29, 0.717) is 13.0 Å². The molecule has 4 nitrogen and oxygen atoms in total. The third-order valence-corrected chi connectivity index (χ3v) is 4.26. The molecule has 0 radical (unpaired) electrons. The van der Waals surface area contributed by atoms with Gasteiger partial charge in [-0.1, -0.05) is 31.9 Å². The Bertz CT molecular complexity index is 298. The summed E-state index contributed by atoms with van der Waals surface area (Å²) in [6, 6.07) is 0. The molecule has 0 amide bonds. The molecule has 4 heteroatoms. The van der Waals surface area contributed by atoms with Crippen LogP contribution in [0.15, 0.2) is 12.2 Å². The van der Waals surface area contributed by atoms with E-state index < -0.39 is 12.1 Å². The minimum Gasteiger partial charge on any atom is -0.550 e. The third kappa shape index (κ3) is 9.64. The van der Waals surface area contributed by atoms with Crippen molar-refractivity contribution in [3.8, 4) is 0 Å². The number of hydrogen-bond donors (Lipinski definition) is 1. The van der Waals surface area contributed by atoms with Crippen molar-refractivity contribution in [2.75, 3.05) is 26.2 Å². The van der Waals surface area contributed by atoms with Gasteiger partial charge in [-0.2, -0.15) is 0 Å². The van der Waals surface area contributed by atoms with Gasteiger partial charge in [0.05, 0.1) is 19.6 Å². The lowest BCUT2D eigenvalue weighted by Gasteiger charge is -2.38. The molecule has 21 heavy (non-hydrogen) atoms. The van der Waals surface area contributed by atoms with Gasteiger partial charge in [-0.25, -0.2) is 0 Å². The average Bonchev–Trinajstić information content (AvgIpc) is 2.46. The summed E-state index contributed by atoms with van der Waals surface area (Å²) in [5.41, 5.74) is 0. The summed E-state index contributed by atoms with van der Waals surface area (Å²) in [4.78, 5) is 10.4. The third-order valence-electron chi connectivity index (χ3n) is 4.26. The van der Waals surface area contributed by atoms with Crippen molar-refractivity contribution in [3.63, 3.8) is 0 Å². The minimum atomic E-state index is -0.972. The van der Waals surface area contributed by atoms with Gasteiger partial charge in [0.25, 0.3) is 0 Å². The molecule has 1 unspecified atom stereocenters. The number of carbonyl (C=O) groups excluding carboxylic acids is 1. The Morgan fingerprint density at radius 2 is 1.86 bits per heavy atom. The number of unbranched alkanes of at least 4 members (excludes halogenated alkanes) is 3. The highest BCUT2D eigenvalue weighted by Crippen LogP contribution is 2.12. The number of carboxylic acids is 1. The van der Waals surface area contributed by atoms with Gasteiger partial charge in [0.15, 0.2) is 0 Å². The molecule has 1 atom stereocenters. The molecular weight excluding hydrogens is 266 g/mol. The number of allylic oxidation sites excluding steroid dienone is 1. The highest BCUT2D eigenvalue weighted by atomic mass is 16.4. The molecule has 0 aromatic carbocycles. The van der Waals surface area contributed by atoms with Gasteiger partial charge in [0, 0.05) is 5.97 Å². The molecule has 0 saturated heterocycles. The number of nitrogens with zero attached hydrogens (tertiary/aromatic N) is 1. The van der Waals surface area contributed by atoms with E-state index in [0.717, 1.165) is 43.4 Å². The van der Waals surface area contributed by atoms with Crippen LogP contribution < -0.4 is 5.11 Å². The van der Waals surface area contributed by atoms with Crippen molar-refractivity contribution in [2.45, 2.75) is 65.4 Å². The van der Waals surface area contributed by atoms with Crippen LogP contribution in [0.5, 0.6) is 0 Å². The molecule has 1 N–H and O–H groups in total. The standard InChI is InChI=1S/C17H33NO3/c1-4-7-8-9-12-16(19)15-18(5-2,6-3)14-11-10-13-17(20)21/h9,12,16,19H,4-8,10-11,13-15H2,1-3H3/b12-9+. The van der Waals surface area contributed by atoms with Gasteiger partial charge in [-0.3, -0.25) is 0 Å². The number of hydrogen-bond acceptors (Lipinski definition) is 3. The van der Waals surface area contributed by atoms with Crippen LogP contribution in [-0.4, -0.2) is 47.8 Å². The summed E-state index contributed by atoms with van der Waals surface area (Å²) in [5.74, 6) is -0.972. The maximum Gasteiger partial charge on any atom is 0.121 e. The van der Waals surface area contributed by atoms with E-state index in [2.05, 4.69) is 26.8 Å². The topological polar surface area (TPSA) is 60.4 Å². The van der Waals surface area contributed by atoms with Crippen LogP contribution in [0.2, 0.25) is 0 Å². The summed E-state index contributed by atoms with van der Waals surface area (Å²) >= 11 is 0. The fraction of sp³-hybridized carbons (Fsp3) is 0.824. The Morgan fingerprint density at radius 1 is 1.19 bits per heavy atom. The second-order valence-corrected chi connectivity index (χ2v) is 5.85. The van der Waals surface area contributed by atoms with Crippen LogP contribution in [0.4, 0.5) is 0 Å². The van der Waals surface area contributed by atoms with E-state index in [1.54, 1.807) is 0 Å². The van der Waals surface area contributed by atoms with Crippen LogP contribution in [0, 0.1) is 0 Å². The average molecular weight is 299 g/mol. The van der Waals surface area contributed by atoms with E-state index in [4.69, 9.17) is 0 Å². The van der Waals surface area contributed by atoms with Crippen molar-refractivity contribution >= 4 is 5.97 Å². The largest absolute Gasteiger partial charge is 0.550 e. The highest BCUT2D eigenvalue weighted by Gasteiger charge is 2.25. The van der Waals surface area contributed by atoms with Crippen molar-refractivity contribution in [1.82, 2.24) is 0 Å². The molecule has 0 rings (SSSR count). The zero-order valence-electron chi connectivity index (χ0n) is 14.0. The van der Waals surface area contributed by atoms with Gasteiger partial charge in [-0.15, -0.1) is 0 Å². The monoisotopic (exact) mass is 299 g/mol. The first kappa shape index (κ1) is 20.1. The van der Waals surface area contributed by atoms with Crippen LogP contribution in [0.1, 0.15) is 59.3 Å². The van der Waals surface area contributed by atoms with Crippen LogP contribution in [0.25, 0.3) is 0 Å². The van der Waals surface area contributed by atoms with E-state index in [1.807, 2.05) is 6.08 Å². The number of aliphatic carboxylic acids is 1. The molecule has 0 fully saturated rings. The first-order chi connectivity index (χ1) is 9.99. The minimum absolute atomic E-state index is 0.132. The van der Waals surface area contributed by atoms with E-state index in [9.17, 15) is 15.0 Å². The number of likely N-dealkylation sites (N-methyl/N-ethyl adjacent to an activating group) is 1. The van der Waals surface area contributed by atoms with Gasteiger partial charge in [0.2, 0.25) is 0 Å². The van der Waals surface area contributed by atoms with Crippen molar-refractivity contribution in [1.29, 1.82) is 0 Å². The van der Waals surface area contributed by atoms with E-state index in [-0.39, 0.29) is 6.42 Å². The summed E-state index contributed by atoms with van der Waals surface area (Å²) in [6.45, 7) is 9.98. The maximum absolute atomic E-state index is 10.4. The van der Waals surface area contributed by atoms with Crippen LogP contribution in [-0.2, 0) is 4.79 Å². The molecule has 0 aliphatic carbocycles. The van der Waals surface area contributed by atoms with Crippen LogP contribution >= 0.6 is 0 Å². The number of quaternary nitrogens is 1. The summed E-state index contributed by atoms with van der Waals surface area (Å²) in [6.07, 6.45) is 8.58. The van der Waals surface area contributed by atoms with E-state index >= 15 is 0 Å². The number of aliphatic hydroxyl groups excluding tert-OH is 1. The Labute approximate surface area is 130 Å². The lowest BCUT2D eigenvalue weighted by atomic mass is 10.1. The zero-order chi connectivity index (χ0) is 16.1. The van der Waals surface area contributed by atoms with Crippen molar-refractivity contribution in [3.05, 3.63) is 12.2 Å². The van der Waals surface area contributed by atoms with Crippen molar-refractivity contribution < 1.29 is 19.5 Å². The summed E-state index contributed by atoms with van der Waals surface area (Å²) < 4.78 is 0.840. The predicted molar refractivity (Wildman–Crippen MR) is 84.6 cm³/mol. The molecule has 0 saturated carbocycles. The Morgan fingerprint density at radius 3 is 2.38 bits per heavy atom. The second-order valence-electron chi connectivity index (χ2n) is 5.85. The second kappa shape index (κ2) is 11.8. The molecular formula is C17H33NO3. The predicted octanol–water partition coefficient (Wildman–Crippen LogP) is 1.87. The Balaban J connectivity index is 4.29. The maximum atomic E-state index is 10.4. The zero-order valence-corrected chi connectivity index (χ0v) is 14.0. The number of rotatable bonds is 13. The van der Waals surface area contributed by atoms with E-state index in [1.165, 1.54) is 6.42 Å². The number of aliphatic hydroxyl groups is 1. The highest BCUT2D eigenvalue weighted by molar-refractivity contribution is 5.64. The van der Waals surface area contributed by atoms with Crippen LogP contribution in [0.3, 0.4) is 0 Å². The molecule has 0 aliphatic heterocycles. The van der Waals surface area contributed by atoms with Gasteiger partial charge < -0.3 is 19.5 Å². The number of carbonyl (C=O) groups is 1.